The summed E-state index contributed by atoms with van der Waals surface area (Å²) in [6, 6.07) is 16.2. The molecule has 1 aromatic heterocycles. The summed E-state index contributed by atoms with van der Waals surface area (Å²) in [7, 11) is 3.19. The molecule has 144 valence electrons. The second kappa shape index (κ2) is 9.10. The van der Waals surface area contributed by atoms with Crippen LogP contribution in [0, 0.1) is 0 Å². The molecule has 0 aliphatic carbocycles. The summed E-state index contributed by atoms with van der Waals surface area (Å²) < 4.78 is 10.6. The van der Waals surface area contributed by atoms with Crippen LogP contribution in [0.15, 0.2) is 60.8 Å². The number of hydrogen-bond donors (Lipinski definition) is 2. The van der Waals surface area contributed by atoms with E-state index in [0.29, 0.717) is 28.0 Å². The fourth-order valence-corrected chi connectivity index (χ4v) is 2.70. The van der Waals surface area contributed by atoms with E-state index in [2.05, 4.69) is 15.6 Å². The number of carbonyl (C=O) groups is 1. The van der Waals surface area contributed by atoms with E-state index >= 15 is 0 Å². The summed E-state index contributed by atoms with van der Waals surface area (Å²) in [6.07, 6.45) is 1.86. The van der Waals surface area contributed by atoms with Crippen molar-refractivity contribution in [2.24, 2.45) is 0 Å². The number of carbonyl (C=O) groups excluding carboxylic acids is 1. The number of halogens is 1. The Bertz CT molecular complexity index is 944. The molecule has 0 aliphatic rings. The molecule has 6 nitrogen and oxygen atoms in total. The quantitative estimate of drug-likeness (QED) is 0.605. The molecule has 28 heavy (non-hydrogen) atoms. The van der Waals surface area contributed by atoms with Crippen molar-refractivity contribution < 1.29 is 14.3 Å². The number of aromatic nitrogens is 1. The van der Waals surface area contributed by atoms with E-state index in [4.69, 9.17) is 21.1 Å². The Labute approximate surface area is 168 Å². The monoisotopic (exact) mass is 397 g/mol. The highest BCUT2D eigenvalue weighted by Crippen LogP contribution is 2.31. The molecule has 0 bridgehead atoms. The first-order valence-electron chi connectivity index (χ1n) is 8.57. The molecule has 0 atom stereocenters. The number of methoxy groups -OCH3 is 2. The summed E-state index contributed by atoms with van der Waals surface area (Å²) in [5.74, 6) is 1.84. The highest BCUT2D eigenvalue weighted by Gasteiger charge is 2.08. The van der Waals surface area contributed by atoms with Gasteiger partial charge in [-0.05, 0) is 42.0 Å². The summed E-state index contributed by atoms with van der Waals surface area (Å²) in [5.41, 5.74) is 2.27. The third-order valence-electron chi connectivity index (χ3n) is 4.00. The number of pyridine rings is 1. The number of benzene rings is 2. The van der Waals surface area contributed by atoms with Crippen molar-refractivity contribution in [2.45, 2.75) is 6.42 Å². The SMILES string of the molecule is COc1ccc(Nc2ccc(NC(=O)Cc3ccc(Cl)cc3)cn2)c(OC)c1. The minimum atomic E-state index is -0.123. The maximum Gasteiger partial charge on any atom is 0.228 e. The highest BCUT2D eigenvalue weighted by atomic mass is 35.5. The van der Waals surface area contributed by atoms with Crippen LogP contribution in [-0.2, 0) is 11.2 Å². The van der Waals surface area contributed by atoms with Crippen molar-refractivity contribution in [3.8, 4) is 11.5 Å². The number of hydrogen-bond acceptors (Lipinski definition) is 5. The normalized spacial score (nSPS) is 10.2. The third-order valence-corrected chi connectivity index (χ3v) is 4.25. The average molecular weight is 398 g/mol. The van der Waals surface area contributed by atoms with Crippen molar-refractivity contribution in [1.82, 2.24) is 4.98 Å². The number of anilines is 3. The Hall–Kier alpha value is -3.25. The molecule has 1 heterocycles. The predicted molar refractivity (Wildman–Crippen MR) is 111 cm³/mol. The van der Waals surface area contributed by atoms with Crippen molar-refractivity contribution in [3.05, 3.63) is 71.4 Å². The lowest BCUT2D eigenvalue weighted by atomic mass is 10.1. The maximum atomic E-state index is 12.2. The molecule has 0 unspecified atom stereocenters. The van der Waals surface area contributed by atoms with E-state index in [1.165, 1.54) is 0 Å². The Morgan fingerprint density at radius 3 is 2.46 bits per heavy atom. The van der Waals surface area contributed by atoms with E-state index < -0.39 is 0 Å². The van der Waals surface area contributed by atoms with Crippen LogP contribution in [0.4, 0.5) is 17.2 Å². The van der Waals surface area contributed by atoms with Gasteiger partial charge in [0.1, 0.15) is 17.3 Å². The average Bonchev–Trinajstić information content (AvgIpc) is 2.71. The molecular weight excluding hydrogens is 378 g/mol. The molecule has 2 aromatic carbocycles. The number of amides is 1. The molecular formula is C21H20ClN3O3. The van der Waals surface area contributed by atoms with Gasteiger partial charge in [-0.2, -0.15) is 0 Å². The van der Waals surface area contributed by atoms with Gasteiger partial charge in [0.05, 0.1) is 38.2 Å². The molecule has 0 spiro atoms. The Balaban J connectivity index is 1.62. The van der Waals surface area contributed by atoms with Crippen molar-refractivity contribution in [1.29, 1.82) is 0 Å². The van der Waals surface area contributed by atoms with E-state index in [0.717, 1.165) is 11.3 Å². The number of ether oxygens (including phenoxy) is 2. The van der Waals surface area contributed by atoms with Crippen LogP contribution in [0.5, 0.6) is 11.5 Å². The van der Waals surface area contributed by atoms with Crippen LogP contribution in [0.3, 0.4) is 0 Å². The van der Waals surface area contributed by atoms with Gasteiger partial charge in [-0.25, -0.2) is 4.98 Å². The lowest BCUT2D eigenvalue weighted by molar-refractivity contribution is -0.115. The number of nitrogens with zero attached hydrogens (tertiary/aromatic N) is 1. The second-order valence-electron chi connectivity index (χ2n) is 5.97. The number of rotatable bonds is 7. The molecule has 0 radical (unpaired) electrons. The van der Waals surface area contributed by atoms with Gasteiger partial charge in [0.2, 0.25) is 5.91 Å². The molecule has 3 rings (SSSR count). The lowest BCUT2D eigenvalue weighted by Crippen LogP contribution is -2.14. The zero-order valence-corrected chi connectivity index (χ0v) is 16.3. The van der Waals surface area contributed by atoms with Crippen LogP contribution >= 0.6 is 11.6 Å². The van der Waals surface area contributed by atoms with Gasteiger partial charge >= 0.3 is 0 Å². The van der Waals surface area contributed by atoms with Gasteiger partial charge in [0, 0.05) is 11.1 Å². The minimum absolute atomic E-state index is 0.123. The predicted octanol–water partition coefficient (Wildman–Crippen LogP) is 4.68. The first kappa shape index (κ1) is 19.5. The fraction of sp³-hybridized carbons (Fsp3) is 0.143. The molecule has 0 fully saturated rings. The summed E-state index contributed by atoms with van der Waals surface area (Å²) in [4.78, 5) is 16.5. The molecule has 0 saturated carbocycles. The zero-order chi connectivity index (χ0) is 19.9. The molecule has 2 N–H and O–H groups in total. The lowest BCUT2D eigenvalue weighted by Gasteiger charge is -2.12. The van der Waals surface area contributed by atoms with Crippen LogP contribution in [0.2, 0.25) is 5.02 Å². The maximum absolute atomic E-state index is 12.2. The van der Waals surface area contributed by atoms with Gasteiger partial charge in [-0.3, -0.25) is 4.79 Å². The first-order valence-corrected chi connectivity index (χ1v) is 8.94. The summed E-state index contributed by atoms with van der Waals surface area (Å²) in [5, 5.41) is 6.66. The van der Waals surface area contributed by atoms with E-state index in [1.54, 1.807) is 50.7 Å². The topological polar surface area (TPSA) is 72.5 Å². The van der Waals surface area contributed by atoms with Crippen molar-refractivity contribution in [3.63, 3.8) is 0 Å². The van der Waals surface area contributed by atoms with E-state index in [1.807, 2.05) is 24.3 Å². The first-order chi connectivity index (χ1) is 13.6. The van der Waals surface area contributed by atoms with Gasteiger partial charge in [0.15, 0.2) is 0 Å². The molecule has 3 aromatic rings. The van der Waals surface area contributed by atoms with Crippen molar-refractivity contribution >= 4 is 34.7 Å². The van der Waals surface area contributed by atoms with Gasteiger partial charge < -0.3 is 20.1 Å². The van der Waals surface area contributed by atoms with E-state index in [9.17, 15) is 4.79 Å². The Morgan fingerprint density at radius 2 is 1.82 bits per heavy atom. The van der Waals surface area contributed by atoms with Crippen LogP contribution in [-0.4, -0.2) is 25.1 Å². The molecule has 0 saturated heterocycles. The molecule has 7 heteroatoms. The smallest absolute Gasteiger partial charge is 0.228 e. The van der Waals surface area contributed by atoms with Gasteiger partial charge in [0.25, 0.3) is 0 Å². The Kier molecular flexibility index (Phi) is 6.34. The second-order valence-corrected chi connectivity index (χ2v) is 6.41. The molecule has 0 aliphatic heterocycles. The van der Waals surface area contributed by atoms with E-state index in [-0.39, 0.29) is 12.3 Å². The Morgan fingerprint density at radius 1 is 1.04 bits per heavy atom. The third kappa shape index (κ3) is 5.14. The highest BCUT2D eigenvalue weighted by molar-refractivity contribution is 6.30. The standard InChI is InChI=1S/C21H20ClN3O3/c1-27-17-8-9-18(19(12-17)28-2)25-20-10-7-16(13-23-20)24-21(26)11-14-3-5-15(22)6-4-14/h3-10,12-13H,11H2,1-2H3,(H,23,25)(H,24,26). The largest absolute Gasteiger partial charge is 0.497 e. The minimum Gasteiger partial charge on any atom is -0.497 e. The van der Waals surface area contributed by atoms with Crippen LogP contribution in [0.25, 0.3) is 0 Å². The van der Waals surface area contributed by atoms with Gasteiger partial charge in [-0.1, -0.05) is 23.7 Å². The molecule has 1 amide bonds. The van der Waals surface area contributed by atoms with Crippen LogP contribution in [0.1, 0.15) is 5.56 Å². The fourth-order valence-electron chi connectivity index (χ4n) is 2.57. The zero-order valence-electron chi connectivity index (χ0n) is 15.5. The summed E-state index contributed by atoms with van der Waals surface area (Å²) >= 11 is 5.86. The van der Waals surface area contributed by atoms with Gasteiger partial charge in [-0.15, -0.1) is 0 Å². The van der Waals surface area contributed by atoms with Crippen LogP contribution < -0.4 is 20.1 Å². The van der Waals surface area contributed by atoms with Crippen molar-refractivity contribution in [2.75, 3.05) is 24.9 Å². The summed E-state index contributed by atoms with van der Waals surface area (Å²) in [6.45, 7) is 0. The number of nitrogens with one attached hydrogen (secondary N) is 2.